The Morgan fingerprint density at radius 1 is 0.306 bits per heavy atom. The average Bonchev–Trinajstić information content (AvgIpc) is 3.09. The van der Waals surface area contributed by atoms with Gasteiger partial charge in [-0.3, -0.25) is 0 Å². The lowest BCUT2D eigenvalue weighted by molar-refractivity contribution is -0.368. The molecule has 62 heavy (non-hydrogen) atoms. The van der Waals surface area contributed by atoms with Crippen molar-refractivity contribution in [3.63, 3.8) is 0 Å². The molecule has 0 aliphatic rings. The first kappa shape index (κ1) is 51.6. The Morgan fingerprint density at radius 3 is 0.532 bits per heavy atom. The van der Waals surface area contributed by atoms with Gasteiger partial charge in [-0.05, 0) is 30.7 Å². The molecule has 0 amide bonds. The van der Waals surface area contributed by atoms with Crippen molar-refractivity contribution in [3.8, 4) is 0 Å². The second-order valence-corrected chi connectivity index (χ2v) is 13.4. The molecular formula is C36H24BF24N. The monoisotopic (exact) mass is 937 g/mol. The highest BCUT2D eigenvalue weighted by atomic mass is 19.4. The molecular weight excluding hydrogens is 913 g/mol. The van der Waals surface area contributed by atoms with Gasteiger partial charge in [0.15, 0.2) is 0 Å². The van der Waals surface area contributed by atoms with E-state index in [0.717, 1.165) is 6.54 Å². The van der Waals surface area contributed by atoms with E-state index in [2.05, 4.69) is 12.7 Å². The highest BCUT2D eigenvalue weighted by molar-refractivity contribution is 7.20. The van der Waals surface area contributed by atoms with Gasteiger partial charge in [-0.2, -0.15) is 127 Å². The first-order valence-corrected chi connectivity index (χ1v) is 16.8. The van der Waals surface area contributed by atoms with Crippen LogP contribution in [0.1, 0.15) is 64.3 Å². The molecule has 0 unspecified atom stereocenters. The average molecular weight is 937 g/mol. The Kier molecular flexibility index (Phi) is 14.2. The maximum atomic E-state index is 14.2. The summed E-state index contributed by atoms with van der Waals surface area (Å²) in [4.78, 5) is 0. The van der Waals surface area contributed by atoms with Crippen LogP contribution in [0.5, 0.6) is 0 Å². The standard InChI is InChI=1S/C32H12BF24.C4H11N/c34-25(35,36)13-1-14(26(37,38)39)6-21(5-13)33(22-7-15(27(40,41)42)2-16(8-22)28(43,44)45,23-9-17(29(46,47)48)3-18(10-23)30(49,50)51)24-11-19(31(52,53)54)4-20(12-24)32(55,56)57;1-2-3-4-5/h1-12H;2-5H2,1H3/q-1;/p+1. The summed E-state index contributed by atoms with van der Waals surface area (Å²) in [5, 5.41) is 0. The molecule has 1 nitrogen and oxygen atoms in total. The van der Waals surface area contributed by atoms with E-state index in [4.69, 9.17) is 0 Å². The molecule has 0 aromatic heterocycles. The summed E-state index contributed by atoms with van der Waals surface area (Å²) in [6.07, 6.45) is -52.2. The second-order valence-electron chi connectivity index (χ2n) is 13.4. The highest BCUT2D eigenvalue weighted by Gasteiger charge is 2.47. The van der Waals surface area contributed by atoms with Crippen molar-refractivity contribution in [3.05, 3.63) is 117 Å². The summed E-state index contributed by atoms with van der Waals surface area (Å²) in [5.74, 6) is 0. The van der Waals surface area contributed by atoms with Crippen LogP contribution in [0.25, 0.3) is 0 Å². The lowest BCUT2D eigenvalue weighted by Gasteiger charge is -2.46. The number of alkyl halides is 24. The Hall–Kier alpha value is -4.78. The molecule has 0 saturated carbocycles. The second kappa shape index (κ2) is 17.1. The molecule has 26 heteroatoms. The molecule has 0 fully saturated rings. The van der Waals surface area contributed by atoms with Gasteiger partial charge in [-0.25, -0.2) is 0 Å². The molecule has 0 aliphatic carbocycles. The number of hydrogen-bond acceptors (Lipinski definition) is 0. The van der Waals surface area contributed by atoms with Crippen molar-refractivity contribution < 1.29 is 111 Å². The summed E-state index contributed by atoms with van der Waals surface area (Å²) in [7, 11) is 0. The summed E-state index contributed by atoms with van der Waals surface area (Å²) in [6, 6.07) is -8.81. The minimum Gasteiger partial charge on any atom is -0.358 e. The molecule has 0 spiro atoms. The van der Waals surface area contributed by atoms with E-state index in [1.165, 1.54) is 12.8 Å². The van der Waals surface area contributed by atoms with Gasteiger partial charge in [0.25, 0.3) is 0 Å². The van der Waals surface area contributed by atoms with E-state index in [-0.39, 0.29) is 0 Å². The summed E-state index contributed by atoms with van der Waals surface area (Å²) in [5.41, 5.74) is -26.5. The van der Waals surface area contributed by atoms with Crippen LogP contribution in [0, 0.1) is 0 Å². The van der Waals surface area contributed by atoms with E-state index < -0.39 is 195 Å². The van der Waals surface area contributed by atoms with E-state index in [0.29, 0.717) is 0 Å². The van der Waals surface area contributed by atoms with Gasteiger partial charge < -0.3 is 5.73 Å². The van der Waals surface area contributed by atoms with Gasteiger partial charge in [-0.15, -0.1) is 0 Å². The SMILES string of the molecule is CCCC[NH3+].FC(F)(F)c1cc([B-](c2cc(C(F)(F)F)cc(C(F)(F)F)c2)(c2cc(C(F)(F)F)cc(C(F)(F)F)c2)c2cc(C(F)(F)F)cc(C(F)(F)F)c2)cc(C(F)(F)F)c1. The molecule has 0 bridgehead atoms. The van der Waals surface area contributed by atoms with E-state index >= 15 is 0 Å². The lowest BCUT2D eigenvalue weighted by atomic mass is 9.12. The maximum absolute atomic E-state index is 14.2. The molecule has 0 heterocycles. The van der Waals surface area contributed by atoms with Gasteiger partial charge in [0, 0.05) is 0 Å². The number of quaternary nitrogens is 1. The van der Waals surface area contributed by atoms with Crippen molar-refractivity contribution >= 4 is 28.0 Å². The normalized spacial score (nSPS) is 13.8. The first-order chi connectivity index (χ1) is 27.7. The van der Waals surface area contributed by atoms with E-state index in [1.54, 1.807) is 0 Å². The molecule has 3 N–H and O–H groups in total. The van der Waals surface area contributed by atoms with Crippen LogP contribution < -0.4 is 27.6 Å². The topological polar surface area (TPSA) is 27.6 Å². The molecule has 0 aliphatic heterocycles. The third kappa shape index (κ3) is 11.8. The number of unbranched alkanes of at least 4 members (excludes halogenated alkanes) is 1. The van der Waals surface area contributed by atoms with E-state index in [1.807, 2.05) is 0 Å². The third-order valence-electron chi connectivity index (χ3n) is 9.04. The Morgan fingerprint density at radius 2 is 0.452 bits per heavy atom. The van der Waals surface area contributed by atoms with Crippen LogP contribution in [0.4, 0.5) is 105 Å². The van der Waals surface area contributed by atoms with Crippen molar-refractivity contribution in [2.45, 2.75) is 69.2 Å². The van der Waals surface area contributed by atoms with Gasteiger partial charge in [-0.1, -0.05) is 61.9 Å². The molecule has 4 aromatic carbocycles. The maximum Gasteiger partial charge on any atom is 0.416 e. The zero-order chi connectivity index (χ0) is 48.0. The van der Waals surface area contributed by atoms with Crippen LogP contribution in [0.2, 0.25) is 0 Å². The Labute approximate surface area is 332 Å². The minimum atomic E-state index is -6.13. The van der Waals surface area contributed by atoms with Gasteiger partial charge in [0.1, 0.15) is 6.15 Å². The number of halogens is 24. The van der Waals surface area contributed by atoms with E-state index in [9.17, 15) is 105 Å². The summed E-state index contributed by atoms with van der Waals surface area (Å²) >= 11 is 0. The fraction of sp³-hybridized carbons (Fsp3) is 0.333. The van der Waals surface area contributed by atoms with Gasteiger partial charge in [0.05, 0.1) is 51.1 Å². The molecule has 4 aromatic rings. The van der Waals surface area contributed by atoms with Crippen molar-refractivity contribution in [2.75, 3.05) is 6.54 Å². The number of benzene rings is 4. The van der Waals surface area contributed by atoms with Crippen LogP contribution in [-0.4, -0.2) is 12.7 Å². The molecule has 4 rings (SSSR count). The highest BCUT2D eigenvalue weighted by Crippen LogP contribution is 2.41. The van der Waals surface area contributed by atoms with Crippen LogP contribution in [0.15, 0.2) is 72.8 Å². The van der Waals surface area contributed by atoms with Crippen molar-refractivity contribution in [2.24, 2.45) is 0 Å². The minimum absolute atomic E-state index is 0.691. The smallest absolute Gasteiger partial charge is 0.358 e. The largest absolute Gasteiger partial charge is 0.416 e. The zero-order valence-electron chi connectivity index (χ0n) is 30.4. The van der Waals surface area contributed by atoms with Crippen LogP contribution >= 0.6 is 0 Å². The van der Waals surface area contributed by atoms with Crippen LogP contribution in [0.3, 0.4) is 0 Å². The molecule has 344 valence electrons. The Bertz CT molecular complexity index is 1760. The summed E-state index contributed by atoms with van der Waals surface area (Å²) < 4.78 is 341. The fourth-order valence-electron chi connectivity index (χ4n) is 6.32. The molecule has 0 atom stereocenters. The zero-order valence-corrected chi connectivity index (χ0v) is 30.4. The third-order valence-corrected chi connectivity index (χ3v) is 9.04. The number of rotatable bonds is 6. The fourth-order valence-corrected chi connectivity index (χ4v) is 6.32. The number of hydrogen-bond donors (Lipinski definition) is 1. The Balaban J connectivity index is 0.00000193. The predicted molar refractivity (Wildman–Crippen MR) is 173 cm³/mol. The lowest BCUT2D eigenvalue weighted by Crippen LogP contribution is -2.75. The van der Waals surface area contributed by atoms with Gasteiger partial charge in [0.2, 0.25) is 0 Å². The molecule has 0 saturated heterocycles. The van der Waals surface area contributed by atoms with Crippen LogP contribution in [-0.2, 0) is 49.4 Å². The van der Waals surface area contributed by atoms with Crippen molar-refractivity contribution in [1.29, 1.82) is 0 Å². The first-order valence-electron chi connectivity index (χ1n) is 16.8. The molecule has 0 radical (unpaired) electrons. The quantitative estimate of drug-likeness (QED) is 0.147. The summed E-state index contributed by atoms with van der Waals surface area (Å²) in [6.45, 7) is 3.27. The van der Waals surface area contributed by atoms with Gasteiger partial charge >= 0.3 is 49.4 Å². The predicted octanol–water partition coefficient (Wildman–Crippen LogP) is 11.2. The van der Waals surface area contributed by atoms with Crippen molar-refractivity contribution in [1.82, 2.24) is 0 Å².